The fraction of sp³-hybridized carbons (Fsp3) is 0.562. The zero-order valence-corrected chi connectivity index (χ0v) is 13.1. The number of amides is 1. The second-order valence-electron chi connectivity index (χ2n) is 6.11. The Labute approximate surface area is 129 Å². The number of hydrogen-bond acceptors (Lipinski definition) is 4. The van der Waals surface area contributed by atoms with Gasteiger partial charge in [-0.25, -0.2) is 0 Å². The average molecular weight is 302 g/mol. The van der Waals surface area contributed by atoms with Gasteiger partial charge < -0.3 is 9.42 Å². The van der Waals surface area contributed by atoms with Gasteiger partial charge in [0.25, 0.3) is 0 Å². The number of piperidine rings is 1. The minimum Gasteiger partial charge on any atom is -0.361 e. The number of nitrogens with one attached hydrogen (secondary N) is 1. The molecule has 0 radical (unpaired) electrons. The van der Waals surface area contributed by atoms with Gasteiger partial charge in [0.1, 0.15) is 5.76 Å². The molecule has 22 heavy (non-hydrogen) atoms. The van der Waals surface area contributed by atoms with Gasteiger partial charge in [-0.05, 0) is 45.1 Å². The molecule has 1 amide bonds. The highest BCUT2D eigenvalue weighted by Gasteiger charge is 2.25. The predicted molar refractivity (Wildman–Crippen MR) is 81.3 cm³/mol. The largest absolute Gasteiger partial charge is 0.361 e. The predicted octanol–water partition coefficient (Wildman–Crippen LogP) is 2.04. The summed E-state index contributed by atoms with van der Waals surface area (Å²) in [5.74, 6) is 1.42. The summed E-state index contributed by atoms with van der Waals surface area (Å²) in [5.41, 5.74) is 2.89. The number of carbonyl (C=O) groups is 1. The summed E-state index contributed by atoms with van der Waals surface area (Å²) >= 11 is 0. The summed E-state index contributed by atoms with van der Waals surface area (Å²) in [6.07, 6.45) is 5.34. The topological polar surface area (TPSA) is 75.0 Å². The van der Waals surface area contributed by atoms with Crippen molar-refractivity contribution in [2.45, 2.75) is 39.5 Å². The van der Waals surface area contributed by atoms with E-state index in [0.29, 0.717) is 12.3 Å². The molecule has 2 aromatic rings. The Kier molecular flexibility index (Phi) is 4.27. The molecule has 1 atom stereocenters. The molecule has 6 heteroatoms. The molecule has 118 valence electrons. The molecule has 1 aliphatic rings. The van der Waals surface area contributed by atoms with E-state index in [2.05, 4.69) is 15.4 Å². The van der Waals surface area contributed by atoms with E-state index in [1.807, 2.05) is 24.8 Å². The van der Waals surface area contributed by atoms with E-state index in [9.17, 15) is 4.79 Å². The van der Waals surface area contributed by atoms with E-state index < -0.39 is 0 Å². The third-order valence-corrected chi connectivity index (χ3v) is 4.45. The second kappa shape index (κ2) is 6.34. The van der Waals surface area contributed by atoms with Crippen LogP contribution in [0.25, 0.3) is 0 Å². The zero-order valence-electron chi connectivity index (χ0n) is 13.1. The normalized spacial score (nSPS) is 18.6. The molecule has 0 unspecified atom stereocenters. The molecule has 0 aliphatic carbocycles. The van der Waals surface area contributed by atoms with Crippen LogP contribution in [0.3, 0.4) is 0 Å². The van der Waals surface area contributed by atoms with E-state index in [1.165, 1.54) is 0 Å². The lowest BCUT2D eigenvalue weighted by Gasteiger charge is -2.32. The molecule has 0 spiro atoms. The van der Waals surface area contributed by atoms with Crippen molar-refractivity contribution in [2.24, 2.45) is 5.92 Å². The second-order valence-corrected chi connectivity index (χ2v) is 6.11. The molecule has 1 fully saturated rings. The van der Waals surface area contributed by atoms with Crippen LogP contribution in [0.1, 0.15) is 35.6 Å². The Morgan fingerprint density at radius 2 is 2.36 bits per heavy atom. The number of aromatic nitrogens is 3. The van der Waals surface area contributed by atoms with E-state index in [0.717, 1.165) is 55.1 Å². The molecule has 6 nitrogen and oxygen atoms in total. The molecule has 1 aliphatic heterocycles. The standard InChI is InChI=1S/C16H22N4O2/c1-11-15(12(2)22-19-11)9-16(21)20-7-3-4-13(10-20)8-14-5-6-17-18-14/h5-6,13H,3-4,7-10H2,1-2H3,(H,17,18)/t13-/m0/s1. The van der Waals surface area contributed by atoms with Crippen molar-refractivity contribution in [3.63, 3.8) is 0 Å². The van der Waals surface area contributed by atoms with Crippen molar-refractivity contribution in [1.82, 2.24) is 20.3 Å². The van der Waals surface area contributed by atoms with Gasteiger partial charge in [-0.2, -0.15) is 5.10 Å². The molecule has 2 aromatic heterocycles. The highest BCUT2D eigenvalue weighted by Crippen LogP contribution is 2.22. The van der Waals surface area contributed by atoms with Crippen molar-refractivity contribution in [2.75, 3.05) is 13.1 Å². The maximum absolute atomic E-state index is 12.6. The fourth-order valence-electron chi connectivity index (χ4n) is 3.18. The number of aromatic amines is 1. The summed E-state index contributed by atoms with van der Waals surface area (Å²) in [7, 11) is 0. The Balaban J connectivity index is 1.60. The molecular formula is C16H22N4O2. The third-order valence-electron chi connectivity index (χ3n) is 4.45. The van der Waals surface area contributed by atoms with Crippen LogP contribution in [-0.2, 0) is 17.6 Å². The van der Waals surface area contributed by atoms with Gasteiger partial charge >= 0.3 is 0 Å². The Morgan fingerprint density at radius 3 is 3.05 bits per heavy atom. The lowest BCUT2D eigenvalue weighted by molar-refractivity contribution is -0.132. The Bertz CT molecular complexity index is 613. The number of H-pyrrole nitrogens is 1. The summed E-state index contributed by atoms with van der Waals surface area (Å²) in [4.78, 5) is 14.5. The first-order valence-corrected chi connectivity index (χ1v) is 7.81. The molecule has 1 saturated heterocycles. The summed E-state index contributed by atoms with van der Waals surface area (Å²) in [6.45, 7) is 5.42. The number of hydrogen-bond donors (Lipinski definition) is 1. The maximum Gasteiger partial charge on any atom is 0.227 e. The molecule has 3 heterocycles. The van der Waals surface area contributed by atoms with Crippen molar-refractivity contribution in [3.8, 4) is 0 Å². The third kappa shape index (κ3) is 3.21. The number of aryl methyl sites for hydroxylation is 2. The zero-order chi connectivity index (χ0) is 15.5. The van der Waals surface area contributed by atoms with Crippen molar-refractivity contribution in [1.29, 1.82) is 0 Å². The van der Waals surface area contributed by atoms with Crippen LogP contribution in [0.4, 0.5) is 0 Å². The first kappa shape index (κ1) is 14.8. The fourth-order valence-corrected chi connectivity index (χ4v) is 3.18. The molecule has 0 aromatic carbocycles. The van der Waals surface area contributed by atoms with E-state index in [1.54, 1.807) is 6.20 Å². The van der Waals surface area contributed by atoms with Gasteiger partial charge in [0.05, 0.1) is 12.1 Å². The lowest BCUT2D eigenvalue weighted by Crippen LogP contribution is -2.41. The molecule has 1 N–H and O–H groups in total. The molecular weight excluding hydrogens is 280 g/mol. The minimum atomic E-state index is 0.170. The lowest BCUT2D eigenvalue weighted by atomic mass is 9.93. The highest BCUT2D eigenvalue weighted by atomic mass is 16.5. The number of nitrogens with zero attached hydrogens (tertiary/aromatic N) is 3. The summed E-state index contributed by atoms with van der Waals surface area (Å²) in [5, 5.41) is 10.9. The van der Waals surface area contributed by atoms with Gasteiger partial charge in [0, 0.05) is 30.5 Å². The van der Waals surface area contributed by atoms with Crippen LogP contribution in [0.15, 0.2) is 16.8 Å². The number of likely N-dealkylation sites (tertiary alicyclic amines) is 1. The smallest absolute Gasteiger partial charge is 0.227 e. The van der Waals surface area contributed by atoms with Gasteiger partial charge in [0.15, 0.2) is 0 Å². The van der Waals surface area contributed by atoms with Gasteiger partial charge in [-0.1, -0.05) is 5.16 Å². The van der Waals surface area contributed by atoms with Crippen molar-refractivity contribution in [3.05, 3.63) is 35.0 Å². The van der Waals surface area contributed by atoms with Gasteiger partial charge in [0.2, 0.25) is 5.91 Å². The highest BCUT2D eigenvalue weighted by molar-refractivity contribution is 5.79. The first-order valence-electron chi connectivity index (χ1n) is 7.81. The Morgan fingerprint density at radius 1 is 1.50 bits per heavy atom. The molecule has 3 rings (SSSR count). The number of rotatable bonds is 4. The van der Waals surface area contributed by atoms with Crippen molar-refractivity contribution < 1.29 is 9.32 Å². The van der Waals surface area contributed by atoms with Crippen LogP contribution in [0, 0.1) is 19.8 Å². The summed E-state index contributed by atoms with van der Waals surface area (Å²) in [6, 6.07) is 2.00. The van der Waals surface area contributed by atoms with Crippen LogP contribution < -0.4 is 0 Å². The van der Waals surface area contributed by atoms with Crippen LogP contribution in [-0.4, -0.2) is 39.3 Å². The molecule has 0 saturated carbocycles. The minimum absolute atomic E-state index is 0.170. The van der Waals surface area contributed by atoms with E-state index in [-0.39, 0.29) is 5.91 Å². The van der Waals surface area contributed by atoms with Gasteiger partial charge in [-0.15, -0.1) is 0 Å². The van der Waals surface area contributed by atoms with Crippen LogP contribution in [0.5, 0.6) is 0 Å². The molecule has 0 bridgehead atoms. The number of carbonyl (C=O) groups excluding carboxylic acids is 1. The summed E-state index contributed by atoms with van der Waals surface area (Å²) < 4.78 is 5.14. The SMILES string of the molecule is Cc1noc(C)c1CC(=O)N1CCC[C@@H](Cc2ccn[nH]2)C1. The Hall–Kier alpha value is -2.11. The quantitative estimate of drug-likeness (QED) is 0.938. The monoisotopic (exact) mass is 302 g/mol. The van der Waals surface area contributed by atoms with Crippen molar-refractivity contribution >= 4 is 5.91 Å². The van der Waals surface area contributed by atoms with Crippen LogP contribution in [0.2, 0.25) is 0 Å². The van der Waals surface area contributed by atoms with E-state index >= 15 is 0 Å². The average Bonchev–Trinajstić information content (AvgIpc) is 3.12. The van der Waals surface area contributed by atoms with Crippen LogP contribution >= 0.6 is 0 Å². The van der Waals surface area contributed by atoms with Gasteiger partial charge in [-0.3, -0.25) is 9.89 Å². The van der Waals surface area contributed by atoms with E-state index in [4.69, 9.17) is 4.52 Å². The maximum atomic E-state index is 12.6. The first-order chi connectivity index (χ1) is 10.6.